The molecule has 0 unspecified atom stereocenters. The average Bonchev–Trinajstić information content (AvgIpc) is 3.04. The Morgan fingerprint density at radius 3 is 1.65 bits per heavy atom. The van der Waals surface area contributed by atoms with E-state index in [9.17, 15) is 49.8 Å². The predicted molar refractivity (Wildman–Crippen MR) is 174 cm³/mol. The molecule has 0 saturated carbocycles. The molecule has 14 nitrogen and oxygen atoms in total. The fraction of sp³-hybridized carbons (Fsp3) is 0.0588. The number of ether oxygens (including phenoxy) is 1. The molecule has 0 heterocycles. The average molecular weight is 659 g/mol. The number of methoxy groups -OCH3 is 1. The van der Waals surface area contributed by atoms with Crippen molar-refractivity contribution in [3.63, 3.8) is 0 Å². The van der Waals surface area contributed by atoms with Gasteiger partial charge in [0, 0.05) is 12.2 Å². The lowest BCUT2D eigenvalue weighted by Crippen LogP contribution is -2.13. The summed E-state index contributed by atoms with van der Waals surface area (Å²) >= 11 is 0. The van der Waals surface area contributed by atoms with Crippen molar-refractivity contribution in [3.8, 4) is 34.5 Å². The first-order valence-corrected chi connectivity index (χ1v) is 13.7. The number of carboxylic acid groups (broad SMARTS) is 1. The molecule has 14 heteroatoms. The molecule has 0 atom stereocenters. The van der Waals surface area contributed by atoms with Crippen LogP contribution in [-0.4, -0.2) is 66.6 Å². The Morgan fingerprint density at radius 2 is 1.15 bits per heavy atom. The number of esters is 1. The van der Waals surface area contributed by atoms with Crippen molar-refractivity contribution in [2.24, 2.45) is 0 Å². The fourth-order valence-electron chi connectivity index (χ4n) is 3.99. The quantitative estimate of drug-likeness (QED) is 0.0541. The van der Waals surface area contributed by atoms with Crippen molar-refractivity contribution in [1.29, 1.82) is 0 Å². The highest BCUT2D eigenvalue weighted by atomic mass is 16.5. The van der Waals surface area contributed by atoms with Crippen LogP contribution in [0.15, 0.2) is 78.9 Å². The number of aromatic hydroxyl groups is 6. The molecule has 0 spiro atoms. The number of rotatable bonds is 8. The zero-order valence-corrected chi connectivity index (χ0v) is 25.3. The van der Waals surface area contributed by atoms with Crippen LogP contribution in [0.3, 0.4) is 0 Å². The van der Waals surface area contributed by atoms with Gasteiger partial charge in [0.25, 0.3) is 0 Å². The van der Waals surface area contributed by atoms with E-state index in [0.29, 0.717) is 16.7 Å². The number of aryl methyl sites for hydroxylation is 1. The van der Waals surface area contributed by atoms with E-state index in [1.54, 1.807) is 6.92 Å². The lowest BCUT2D eigenvalue weighted by molar-refractivity contribution is -0.112. The summed E-state index contributed by atoms with van der Waals surface area (Å²) in [5.41, 5.74) is 1.43. The minimum absolute atomic E-state index is 0.0153. The third kappa shape index (κ3) is 9.77. The maximum Gasteiger partial charge on any atom is 0.340 e. The number of benzene rings is 4. The van der Waals surface area contributed by atoms with Crippen molar-refractivity contribution in [1.82, 2.24) is 0 Å². The van der Waals surface area contributed by atoms with Crippen molar-refractivity contribution >= 4 is 47.3 Å². The Labute approximate surface area is 272 Å². The summed E-state index contributed by atoms with van der Waals surface area (Å²) in [6, 6.07) is 14.4. The van der Waals surface area contributed by atoms with Crippen molar-refractivity contribution in [3.05, 3.63) is 107 Å². The smallest absolute Gasteiger partial charge is 0.340 e. The number of aromatic carboxylic acids is 1. The molecule has 9 N–H and O–H groups in total. The number of nitrogens with one attached hydrogen (secondary N) is 2. The number of carbonyl (C=O) groups is 4. The van der Waals surface area contributed by atoms with Crippen LogP contribution >= 0.6 is 0 Å². The number of carboxylic acids is 1. The number of carbonyl (C=O) groups excluding carboxylic acids is 3. The Morgan fingerprint density at radius 1 is 0.625 bits per heavy atom. The molecule has 4 aromatic carbocycles. The van der Waals surface area contributed by atoms with Gasteiger partial charge in [0.1, 0.15) is 11.5 Å². The van der Waals surface area contributed by atoms with Crippen molar-refractivity contribution < 1.29 is 59.7 Å². The number of hydrogen-bond acceptors (Lipinski definition) is 11. The van der Waals surface area contributed by atoms with Gasteiger partial charge in [0.05, 0.1) is 29.6 Å². The molecule has 0 aliphatic rings. The minimum atomic E-state index is -1.28. The summed E-state index contributed by atoms with van der Waals surface area (Å²) < 4.78 is 4.60. The summed E-state index contributed by atoms with van der Waals surface area (Å²) in [7, 11) is 1.19. The second-order valence-corrected chi connectivity index (χ2v) is 9.85. The van der Waals surface area contributed by atoms with Crippen LogP contribution < -0.4 is 10.6 Å². The minimum Gasteiger partial charge on any atom is -0.508 e. The van der Waals surface area contributed by atoms with Crippen LogP contribution in [0.25, 0.3) is 12.2 Å². The first-order chi connectivity index (χ1) is 22.7. The summed E-state index contributed by atoms with van der Waals surface area (Å²) in [5, 5.41) is 70.2. The lowest BCUT2D eigenvalue weighted by atomic mass is 10.1. The zero-order valence-electron chi connectivity index (χ0n) is 25.3. The molecule has 0 aliphatic carbocycles. The maximum atomic E-state index is 12.0. The summed E-state index contributed by atoms with van der Waals surface area (Å²) in [4.78, 5) is 46.8. The molecule has 0 bridgehead atoms. The van der Waals surface area contributed by atoms with Crippen LogP contribution in [-0.2, 0) is 14.3 Å². The monoisotopic (exact) mass is 658 g/mol. The number of phenols is 6. The highest BCUT2D eigenvalue weighted by molar-refractivity contribution is 6.07. The van der Waals surface area contributed by atoms with Crippen LogP contribution in [0.4, 0.5) is 11.4 Å². The van der Waals surface area contributed by atoms with Gasteiger partial charge in [-0.25, -0.2) is 9.59 Å². The molecule has 0 radical (unpaired) electrons. The van der Waals surface area contributed by atoms with Crippen molar-refractivity contribution in [2.75, 3.05) is 17.7 Å². The maximum absolute atomic E-state index is 12.0. The molecule has 0 fully saturated rings. The van der Waals surface area contributed by atoms with E-state index >= 15 is 0 Å². The number of anilines is 2. The molecular formula is C34H30N2O12. The molecule has 248 valence electrons. The van der Waals surface area contributed by atoms with Gasteiger partial charge >= 0.3 is 11.9 Å². The zero-order chi connectivity index (χ0) is 35.5. The highest BCUT2D eigenvalue weighted by Crippen LogP contribution is 2.28. The van der Waals surface area contributed by atoms with Crippen LogP contribution in [0.1, 0.15) is 37.4 Å². The molecule has 0 aromatic heterocycles. The lowest BCUT2D eigenvalue weighted by Gasteiger charge is -2.11. The Balaban J connectivity index is 0.000000260. The van der Waals surface area contributed by atoms with Gasteiger partial charge in [-0.1, -0.05) is 12.1 Å². The van der Waals surface area contributed by atoms with E-state index in [-0.39, 0.29) is 57.0 Å². The largest absolute Gasteiger partial charge is 0.508 e. The standard InChI is InChI=1S/2C17H15NO6/c1-24-17(23)12-9-11(19)4-5-13(12)18-16(22)7-3-10-2-6-14(20)15(21)8-10;1-9-6-11(19)8-12(17(23)24)16(9)18-15(22)5-3-10-2-4-13(20)14(21)7-10/h2-9,19-21H,1H3,(H,18,22);2-8,19-21H,1H3,(H,18,22)(H,23,24)/b7-3+;5-3+. The molecule has 0 aliphatic heterocycles. The number of amides is 2. The van der Waals surface area contributed by atoms with Gasteiger partial charge in [0.2, 0.25) is 11.8 Å². The van der Waals surface area contributed by atoms with E-state index in [1.165, 1.54) is 86.0 Å². The van der Waals surface area contributed by atoms with Gasteiger partial charge in [-0.2, -0.15) is 0 Å². The first kappa shape index (κ1) is 35.5. The van der Waals surface area contributed by atoms with E-state index < -0.39 is 23.8 Å². The number of phenolic OH excluding ortho intramolecular Hbond substituents is 6. The molecule has 4 aromatic rings. The summed E-state index contributed by atoms with van der Waals surface area (Å²) in [6.45, 7) is 1.56. The van der Waals surface area contributed by atoms with Crippen LogP contribution in [0.2, 0.25) is 0 Å². The molecule has 2 amide bonds. The van der Waals surface area contributed by atoms with E-state index in [1.807, 2.05) is 0 Å². The first-order valence-electron chi connectivity index (χ1n) is 13.7. The van der Waals surface area contributed by atoms with Crippen LogP contribution in [0, 0.1) is 6.92 Å². The predicted octanol–water partition coefficient (Wildman–Crippen LogP) is 4.70. The van der Waals surface area contributed by atoms with Gasteiger partial charge in [-0.05, 0) is 90.4 Å². The second kappa shape index (κ2) is 15.9. The SMILES string of the molecule is COC(=O)c1cc(O)ccc1NC(=O)/C=C/c1ccc(O)c(O)c1.Cc1cc(O)cc(C(=O)O)c1NC(=O)/C=C/c1ccc(O)c(O)c1. The normalized spacial score (nSPS) is 10.6. The second-order valence-electron chi connectivity index (χ2n) is 9.85. The molecule has 4 rings (SSSR count). The number of hydrogen-bond donors (Lipinski definition) is 9. The van der Waals surface area contributed by atoms with Gasteiger partial charge in [-0.15, -0.1) is 0 Å². The van der Waals surface area contributed by atoms with E-state index in [0.717, 1.165) is 12.1 Å². The van der Waals surface area contributed by atoms with E-state index in [4.69, 9.17) is 5.11 Å². The molecule has 0 saturated heterocycles. The third-order valence-corrected chi connectivity index (χ3v) is 6.32. The fourth-order valence-corrected chi connectivity index (χ4v) is 3.99. The third-order valence-electron chi connectivity index (χ3n) is 6.32. The Bertz CT molecular complexity index is 1930. The molecular weight excluding hydrogens is 628 g/mol. The van der Waals surface area contributed by atoms with E-state index in [2.05, 4.69) is 15.4 Å². The Hall–Kier alpha value is -6.96. The van der Waals surface area contributed by atoms with Crippen LogP contribution in [0.5, 0.6) is 34.5 Å². The van der Waals surface area contributed by atoms with Gasteiger partial charge < -0.3 is 51.1 Å². The van der Waals surface area contributed by atoms with Crippen molar-refractivity contribution in [2.45, 2.75) is 6.92 Å². The Kier molecular flexibility index (Phi) is 11.7. The summed E-state index contributed by atoms with van der Waals surface area (Å²) in [6.07, 6.45) is 5.17. The highest BCUT2D eigenvalue weighted by Gasteiger charge is 2.16. The van der Waals surface area contributed by atoms with Gasteiger partial charge in [0.15, 0.2) is 23.0 Å². The topological polar surface area (TPSA) is 243 Å². The summed E-state index contributed by atoms with van der Waals surface area (Å²) in [5.74, 6) is -4.60. The molecule has 48 heavy (non-hydrogen) atoms. The van der Waals surface area contributed by atoms with Gasteiger partial charge in [-0.3, -0.25) is 9.59 Å².